The summed E-state index contributed by atoms with van der Waals surface area (Å²) in [5.41, 5.74) is 2.82. The molecule has 2 heterocycles. The Morgan fingerprint density at radius 3 is 2.32 bits per heavy atom. The lowest BCUT2D eigenvalue weighted by Gasteiger charge is -2.33. The number of hydrogen-bond acceptors (Lipinski definition) is 2. The van der Waals surface area contributed by atoms with E-state index in [1.165, 1.54) is 5.56 Å². The Balaban J connectivity index is 1.71. The minimum Gasteiger partial charge on any atom is -0.339 e. The Hall–Kier alpha value is -1.56. The molecule has 2 aliphatic rings. The van der Waals surface area contributed by atoms with Crippen LogP contribution in [0.3, 0.4) is 0 Å². The third-order valence-corrected chi connectivity index (χ3v) is 5.40. The molecule has 0 radical (unpaired) electrons. The molecule has 2 fully saturated rings. The molecule has 1 amide bonds. The van der Waals surface area contributed by atoms with Crippen LogP contribution in [0, 0.1) is 12.8 Å². The van der Waals surface area contributed by atoms with E-state index < -0.39 is 12.1 Å². The van der Waals surface area contributed by atoms with Gasteiger partial charge >= 0.3 is 6.18 Å². The molecule has 0 bridgehead atoms. The van der Waals surface area contributed by atoms with Gasteiger partial charge in [0.25, 0.3) is 5.91 Å². The molecule has 3 nitrogen and oxygen atoms in total. The average Bonchev–Trinajstić information content (AvgIpc) is 2.61. The van der Waals surface area contributed by atoms with Gasteiger partial charge in [0.1, 0.15) is 0 Å². The van der Waals surface area contributed by atoms with Crippen LogP contribution in [0.15, 0.2) is 18.2 Å². The van der Waals surface area contributed by atoms with Crippen molar-refractivity contribution in [2.24, 2.45) is 5.92 Å². The number of likely N-dealkylation sites (tertiary alicyclic amines) is 1. The first-order chi connectivity index (χ1) is 11.8. The van der Waals surface area contributed by atoms with Gasteiger partial charge in [0.05, 0.1) is 5.92 Å². The average molecular weight is 354 g/mol. The molecule has 0 saturated carbocycles. The predicted octanol–water partition coefficient (Wildman–Crippen LogP) is 3.88. The number of nitrogens with one attached hydrogen (secondary N) is 1. The molecule has 0 spiro atoms. The number of aryl methyl sites for hydroxylation is 1. The lowest BCUT2D eigenvalue weighted by molar-refractivity contribution is -0.183. The van der Waals surface area contributed by atoms with E-state index in [1.807, 2.05) is 19.1 Å². The standard InChI is InChI=1S/C19H25F3N2O/c1-13-10-15(14-2-6-23-7-3-14)12-16(11-13)18(25)24-8-4-17(5-9-24)19(20,21)22/h10-12,14,17,23H,2-9H2,1H3. The Bertz CT molecular complexity index is 616. The summed E-state index contributed by atoms with van der Waals surface area (Å²) in [4.78, 5) is 14.3. The zero-order chi connectivity index (χ0) is 18.0. The minimum atomic E-state index is -4.15. The largest absolute Gasteiger partial charge is 0.391 e. The van der Waals surface area contributed by atoms with Crippen molar-refractivity contribution in [3.63, 3.8) is 0 Å². The molecule has 25 heavy (non-hydrogen) atoms. The van der Waals surface area contributed by atoms with Gasteiger partial charge in [-0.05, 0) is 69.3 Å². The van der Waals surface area contributed by atoms with E-state index in [-0.39, 0.29) is 31.8 Å². The van der Waals surface area contributed by atoms with Crippen LogP contribution < -0.4 is 5.32 Å². The molecule has 1 N–H and O–H groups in total. The molecular formula is C19H25F3N2O. The van der Waals surface area contributed by atoms with Crippen LogP contribution in [-0.2, 0) is 0 Å². The highest BCUT2D eigenvalue weighted by atomic mass is 19.4. The number of amides is 1. The molecule has 0 aromatic heterocycles. The summed E-state index contributed by atoms with van der Waals surface area (Å²) in [5, 5.41) is 3.34. The maximum absolute atomic E-state index is 12.8. The Labute approximate surface area is 146 Å². The number of rotatable bonds is 2. The Morgan fingerprint density at radius 1 is 1.08 bits per heavy atom. The monoisotopic (exact) mass is 354 g/mol. The van der Waals surface area contributed by atoms with Crippen molar-refractivity contribution in [2.45, 2.75) is 44.7 Å². The first-order valence-corrected chi connectivity index (χ1v) is 9.03. The molecule has 0 atom stereocenters. The first-order valence-electron chi connectivity index (χ1n) is 9.03. The van der Waals surface area contributed by atoms with E-state index in [0.717, 1.165) is 31.5 Å². The number of benzene rings is 1. The van der Waals surface area contributed by atoms with Crippen molar-refractivity contribution >= 4 is 5.91 Å². The topological polar surface area (TPSA) is 32.3 Å². The second-order valence-electron chi connectivity index (χ2n) is 7.26. The maximum atomic E-state index is 12.8. The summed E-state index contributed by atoms with van der Waals surface area (Å²) < 4.78 is 38.4. The lowest BCUT2D eigenvalue weighted by Crippen LogP contribution is -2.42. The smallest absolute Gasteiger partial charge is 0.339 e. The molecule has 0 unspecified atom stereocenters. The molecule has 2 saturated heterocycles. The summed E-state index contributed by atoms with van der Waals surface area (Å²) in [5.74, 6) is -0.970. The minimum absolute atomic E-state index is 0.00219. The van der Waals surface area contributed by atoms with Crippen LogP contribution in [0.5, 0.6) is 0 Å². The molecule has 3 rings (SSSR count). The van der Waals surface area contributed by atoms with Crippen LogP contribution in [0.4, 0.5) is 13.2 Å². The summed E-state index contributed by atoms with van der Waals surface area (Å²) >= 11 is 0. The number of nitrogens with zero attached hydrogens (tertiary/aromatic N) is 1. The molecule has 138 valence electrons. The number of piperidine rings is 2. The van der Waals surface area contributed by atoms with E-state index >= 15 is 0 Å². The van der Waals surface area contributed by atoms with Crippen LogP contribution in [-0.4, -0.2) is 43.2 Å². The summed E-state index contributed by atoms with van der Waals surface area (Å²) in [6, 6.07) is 5.92. The molecule has 2 aliphatic heterocycles. The fourth-order valence-electron chi connectivity index (χ4n) is 3.92. The molecule has 1 aromatic carbocycles. The van der Waals surface area contributed by atoms with Gasteiger partial charge in [-0.15, -0.1) is 0 Å². The van der Waals surface area contributed by atoms with E-state index in [1.54, 1.807) is 4.90 Å². The van der Waals surface area contributed by atoms with E-state index in [2.05, 4.69) is 11.4 Å². The SMILES string of the molecule is Cc1cc(C(=O)N2CCC(C(F)(F)F)CC2)cc(C2CCNCC2)c1. The number of halogens is 3. The summed E-state index contributed by atoms with van der Waals surface area (Å²) in [7, 11) is 0. The van der Waals surface area contributed by atoms with Crippen LogP contribution in [0.2, 0.25) is 0 Å². The molecule has 1 aromatic rings. The number of alkyl halides is 3. The Kier molecular flexibility index (Phi) is 5.37. The van der Waals surface area contributed by atoms with Gasteiger partial charge in [0, 0.05) is 18.7 Å². The third kappa shape index (κ3) is 4.35. The van der Waals surface area contributed by atoms with E-state index in [9.17, 15) is 18.0 Å². The summed E-state index contributed by atoms with van der Waals surface area (Å²) in [6.07, 6.45) is -2.05. The maximum Gasteiger partial charge on any atom is 0.391 e. The van der Waals surface area contributed by atoms with Crippen molar-refractivity contribution in [3.05, 3.63) is 34.9 Å². The molecule has 0 aliphatic carbocycles. The van der Waals surface area contributed by atoms with Gasteiger partial charge in [-0.3, -0.25) is 4.79 Å². The normalized spacial score (nSPS) is 20.7. The van der Waals surface area contributed by atoms with Gasteiger partial charge in [0.15, 0.2) is 0 Å². The highest BCUT2D eigenvalue weighted by molar-refractivity contribution is 5.94. The van der Waals surface area contributed by atoms with Crippen molar-refractivity contribution in [1.82, 2.24) is 10.2 Å². The van der Waals surface area contributed by atoms with Gasteiger partial charge in [0.2, 0.25) is 0 Å². The van der Waals surface area contributed by atoms with Crippen molar-refractivity contribution < 1.29 is 18.0 Å². The van der Waals surface area contributed by atoms with Gasteiger partial charge in [-0.2, -0.15) is 13.2 Å². The van der Waals surface area contributed by atoms with E-state index in [4.69, 9.17) is 0 Å². The molecule has 6 heteroatoms. The second kappa shape index (κ2) is 7.36. The zero-order valence-corrected chi connectivity index (χ0v) is 14.5. The quantitative estimate of drug-likeness (QED) is 0.874. The van der Waals surface area contributed by atoms with Crippen LogP contribution >= 0.6 is 0 Å². The highest BCUT2D eigenvalue weighted by Crippen LogP contribution is 2.34. The van der Waals surface area contributed by atoms with Crippen molar-refractivity contribution in [3.8, 4) is 0 Å². The van der Waals surface area contributed by atoms with Crippen LogP contribution in [0.25, 0.3) is 0 Å². The number of carbonyl (C=O) groups is 1. The number of hydrogen-bond donors (Lipinski definition) is 1. The second-order valence-corrected chi connectivity index (χ2v) is 7.26. The van der Waals surface area contributed by atoms with Crippen LogP contribution in [0.1, 0.15) is 53.1 Å². The molecular weight excluding hydrogens is 329 g/mol. The number of carbonyl (C=O) groups excluding carboxylic acids is 1. The van der Waals surface area contributed by atoms with Gasteiger partial charge in [-0.1, -0.05) is 11.6 Å². The van der Waals surface area contributed by atoms with Crippen molar-refractivity contribution in [2.75, 3.05) is 26.2 Å². The van der Waals surface area contributed by atoms with Gasteiger partial charge in [-0.25, -0.2) is 0 Å². The highest BCUT2D eigenvalue weighted by Gasteiger charge is 2.41. The fraction of sp³-hybridized carbons (Fsp3) is 0.632. The zero-order valence-electron chi connectivity index (χ0n) is 14.5. The summed E-state index contributed by atoms with van der Waals surface area (Å²) in [6.45, 7) is 4.29. The third-order valence-electron chi connectivity index (χ3n) is 5.40. The predicted molar refractivity (Wildman–Crippen MR) is 90.7 cm³/mol. The Morgan fingerprint density at radius 2 is 1.72 bits per heavy atom. The lowest BCUT2D eigenvalue weighted by atomic mass is 9.88. The first kappa shape index (κ1) is 18.2. The van der Waals surface area contributed by atoms with Crippen molar-refractivity contribution in [1.29, 1.82) is 0 Å². The van der Waals surface area contributed by atoms with Gasteiger partial charge < -0.3 is 10.2 Å². The fourth-order valence-corrected chi connectivity index (χ4v) is 3.92. The van der Waals surface area contributed by atoms with E-state index in [0.29, 0.717) is 11.5 Å².